The fourth-order valence-electron chi connectivity index (χ4n) is 3.77. The highest BCUT2D eigenvalue weighted by atomic mass is 16.3. The predicted octanol–water partition coefficient (Wildman–Crippen LogP) is 3.01. The molecule has 4 nitrogen and oxygen atoms in total. The summed E-state index contributed by atoms with van der Waals surface area (Å²) in [5.41, 5.74) is 1.57. The van der Waals surface area contributed by atoms with Gasteiger partial charge in [-0.15, -0.1) is 0 Å². The van der Waals surface area contributed by atoms with Crippen molar-refractivity contribution in [3.63, 3.8) is 0 Å². The van der Waals surface area contributed by atoms with E-state index in [0.717, 1.165) is 70.2 Å². The van der Waals surface area contributed by atoms with Crippen molar-refractivity contribution in [3.05, 3.63) is 11.1 Å². The lowest BCUT2D eigenvalue weighted by atomic mass is 9.84. The van der Waals surface area contributed by atoms with Crippen molar-refractivity contribution in [2.45, 2.75) is 83.8 Å². The smallest absolute Gasteiger partial charge is 0.247 e. The monoisotopic (exact) mass is 322 g/mol. The van der Waals surface area contributed by atoms with Crippen molar-refractivity contribution < 1.29 is 9.90 Å². The summed E-state index contributed by atoms with van der Waals surface area (Å²) >= 11 is 0. The number of likely N-dealkylation sites (tertiary alicyclic amines) is 1. The Morgan fingerprint density at radius 3 is 2.35 bits per heavy atom. The van der Waals surface area contributed by atoms with E-state index in [1.165, 1.54) is 12.0 Å². The van der Waals surface area contributed by atoms with E-state index in [-0.39, 0.29) is 11.9 Å². The molecular weight excluding hydrogens is 288 g/mol. The number of piperidine rings is 1. The Hall–Kier alpha value is -0.870. The van der Waals surface area contributed by atoms with Crippen LogP contribution in [0.5, 0.6) is 0 Å². The van der Waals surface area contributed by atoms with Crippen LogP contribution in [0.3, 0.4) is 0 Å². The minimum absolute atomic E-state index is 0.0914. The summed E-state index contributed by atoms with van der Waals surface area (Å²) < 4.78 is 0. The topological polar surface area (TPSA) is 52.6 Å². The minimum Gasteiger partial charge on any atom is -0.389 e. The van der Waals surface area contributed by atoms with Gasteiger partial charge in [0.25, 0.3) is 0 Å². The number of rotatable bonds is 5. The van der Waals surface area contributed by atoms with Gasteiger partial charge in [-0.25, -0.2) is 0 Å². The van der Waals surface area contributed by atoms with E-state index in [2.05, 4.69) is 17.1 Å². The highest BCUT2D eigenvalue weighted by Crippen LogP contribution is 2.29. The standard InChI is InChI=1S/C19H34N2O2/c1-4-15(2)16(3)18(22)20-17-8-12-21(13-9-17)14-19(23)10-6-5-7-11-19/h17,23H,4-14H2,1-3H3,(H,20,22). The van der Waals surface area contributed by atoms with E-state index in [1.807, 2.05) is 13.8 Å². The van der Waals surface area contributed by atoms with Gasteiger partial charge in [-0.2, -0.15) is 0 Å². The van der Waals surface area contributed by atoms with Crippen LogP contribution in [-0.2, 0) is 4.79 Å². The molecule has 1 saturated carbocycles. The molecule has 0 aromatic heterocycles. The van der Waals surface area contributed by atoms with Gasteiger partial charge in [-0.3, -0.25) is 4.79 Å². The van der Waals surface area contributed by atoms with Gasteiger partial charge in [-0.05, 0) is 46.0 Å². The van der Waals surface area contributed by atoms with Gasteiger partial charge < -0.3 is 15.3 Å². The normalized spacial score (nSPS) is 24.2. The Kier molecular flexibility index (Phi) is 6.66. The zero-order valence-electron chi connectivity index (χ0n) is 15.2. The predicted molar refractivity (Wildman–Crippen MR) is 94.3 cm³/mol. The molecule has 1 aliphatic heterocycles. The second-order valence-electron chi connectivity index (χ2n) is 7.57. The van der Waals surface area contributed by atoms with Crippen LogP contribution in [-0.4, -0.2) is 47.2 Å². The van der Waals surface area contributed by atoms with Crippen LogP contribution in [0.25, 0.3) is 0 Å². The molecule has 4 heteroatoms. The summed E-state index contributed by atoms with van der Waals surface area (Å²) in [6.45, 7) is 8.79. The molecule has 0 unspecified atom stereocenters. The quantitative estimate of drug-likeness (QED) is 0.765. The second kappa shape index (κ2) is 8.29. The largest absolute Gasteiger partial charge is 0.389 e. The molecule has 2 rings (SSSR count). The SMILES string of the molecule is CCC(C)=C(C)C(=O)NC1CCN(CC2(O)CCCCC2)CC1. The summed E-state index contributed by atoms with van der Waals surface area (Å²) in [7, 11) is 0. The van der Waals surface area contributed by atoms with Gasteiger partial charge in [0.2, 0.25) is 5.91 Å². The second-order valence-corrected chi connectivity index (χ2v) is 7.57. The molecule has 2 fully saturated rings. The number of carbonyl (C=O) groups is 1. The van der Waals surface area contributed by atoms with Crippen molar-refractivity contribution in [1.29, 1.82) is 0 Å². The van der Waals surface area contributed by atoms with E-state index >= 15 is 0 Å². The van der Waals surface area contributed by atoms with E-state index in [4.69, 9.17) is 0 Å². The van der Waals surface area contributed by atoms with Gasteiger partial charge in [-0.1, -0.05) is 31.8 Å². The molecule has 1 amide bonds. The van der Waals surface area contributed by atoms with Crippen molar-refractivity contribution in [3.8, 4) is 0 Å². The number of nitrogens with one attached hydrogen (secondary N) is 1. The maximum Gasteiger partial charge on any atom is 0.247 e. The third-order valence-electron chi connectivity index (χ3n) is 5.74. The number of amides is 1. The maximum atomic E-state index is 12.2. The Morgan fingerprint density at radius 2 is 1.78 bits per heavy atom. The molecule has 1 heterocycles. The molecule has 0 aromatic rings. The van der Waals surface area contributed by atoms with Gasteiger partial charge in [0.1, 0.15) is 0 Å². The Labute approximate surface area is 141 Å². The summed E-state index contributed by atoms with van der Waals surface area (Å²) in [6, 6.07) is 0.277. The minimum atomic E-state index is -0.466. The molecule has 1 saturated heterocycles. The Bertz CT molecular complexity index is 431. The zero-order valence-corrected chi connectivity index (χ0v) is 15.2. The fraction of sp³-hybridized carbons (Fsp3) is 0.842. The molecule has 132 valence electrons. The van der Waals surface area contributed by atoms with Gasteiger partial charge in [0.05, 0.1) is 5.60 Å². The molecule has 0 radical (unpaired) electrons. The number of β-amino-alcohol motifs (C(OH)–C–C–N with tert-alkyl or cyclic N) is 1. The molecule has 0 spiro atoms. The van der Waals surface area contributed by atoms with Crippen molar-refractivity contribution in [2.75, 3.05) is 19.6 Å². The van der Waals surface area contributed by atoms with Crippen LogP contribution in [0, 0.1) is 0 Å². The first-order valence-electron chi connectivity index (χ1n) is 9.35. The van der Waals surface area contributed by atoms with Crippen molar-refractivity contribution in [2.24, 2.45) is 0 Å². The number of hydrogen-bond acceptors (Lipinski definition) is 3. The Morgan fingerprint density at radius 1 is 1.17 bits per heavy atom. The number of carbonyl (C=O) groups excluding carboxylic acids is 1. The summed E-state index contributed by atoms with van der Waals surface area (Å²) in [5, 5.41) is 13.9. The highest BCUT2D eigenvalue weighted by Gasteiger charge is 2.32. The van der Waals surface area contributed by atoms with Crippen LogP contribution in [0.1, 0.15) is 72.1 Å². The highest BCUT2D eigenvalue weighted by molar-refractivity contribution is 5.93. The Balaban J connectivity index is 1.76. The van der Waals surface area contributed by atoms with E-state index in [0.29, 0.717) is 0 Å². The summed E-state index contributed by atoms with van der Waals surface area (Å²) in [5.74, 6) is 0.0914. The molecule has 0 atom stereocenters. The van der Waals surface area contributed by atoms with Crippen LogP contribution in [0.4, 0.5) is 0 Å². The van der Waals surface area contributed by atoms with Gasteiger partial charge in [0, 0.05) is 31.2 Å². The number of aliphatic hydroxyl groups is 1. The molecule has 2 N–H and O–H groups in total. The first-order valence-corrected chi connectivity index (χ1v) is 9.35. The fourth-order valence-corrected chi connectivity index (χ4v) is 3.77. The lowest BCUT2D eigenvalue weighted by Gasteiger charge is -2.40. The van der Waals surface area contributed by atoms with E-state index < -0.39 is 5.60 Å². The van der Waals surface area contributed by atoms with Crippen molar-refractivity contribution >= 4 is 5.91 Å². The average Bonchev–Trinajstić information content (AvgIpc) is 2.55. The molecule has 2 aliphatic rings. The molecule has 0 bridgehead atoms. The third-order valence-corrected chi connectivity index (χ3v) is 5.74. The maximum absolute atomic E-state index is 12.2. The summed E-state index contributed by atoms with van der Waals surface area (Å²) in [6.07, 6.45) is 8.38. The third kappa shape index (κ3) is 5.32. The molecule has 1 aliphatic carbocycles. The molecule has 23 heavy (non-hydrogen) atoms. The van der Waals surface area contributed by atoms with Crippen LogP contribution in [0.2, 0.25) is 0 Å². The van der Waals surface area contributed by atoms with Crippen molar-refractivity contribution in [1.82, 2.24) is 10.2 Å². The van der Waals surface area contributed by atoms with Crippen LogP contribution in [0.15, 0.2) is 11.1 Å². The number of hydrogen-bond donors (Lipinski definition) is 2. The molecular formula is C19H34N2O2. The van der Waals surface area contributed by atoms with Crippen LogP contribution < -0.4 is 5.32 Å². The summed E-state index contributed by atoms with van der Waals surface area (Å²) in [4.78, 5) is 14.6. The number of nitrogens with zero attached hydrogens (tertiary/aromatic N) is 1. The lowest BCUT2D eigenvalue weighted by molar-refractivity contribution is -0.118. The molecule has 0 aromatic carbocycles. The zero-order chi connectivity index (χ0) is 16.9. The number of allylic oxidation sites excluding steroid dienone is 1. The first kappa shape index (κ1) is 18.5. The van der Waals surface area contributed by atoms with Gasteiger partial charge >= 0.3 is 0 Å². The van der Waals surface area contributed by atoms with Crippen LogP contribution >= 0.6 is 0 Å². The average molecular weight is 322 g/mol. The first-order chi connectivity index (χ1) is 10.9. The van der Waals surface area contributed by atoms with Gasteiger partial charge in [0.15, 0.2) is 0 Å². The van der Waals surface area contributed by atoms with E-state index in [1.54, 1.807) is 0 Å². The lowest BCUT2D eigenvalue weighted by Crippen LogP contribution is -2.50. The van der Waals surface area contributed by atoms with E-state index in [9.17, 15) is 9.90 Å².